The van der Waals surface area contributed by atoms with E-state index in [2.05, 4.69) is 10.3 Å². The van der Waals surface area contributed by atoms with Gasteiger partial charge in [-0.1, -0.05) is 29.8 Å². The zero-order valence-corrected chi connectivity index (χ0v) is 11.1. The number of rotatable bonds is 4. The van der Waals surface area contributed by atoms with Gasteiger partial charge in [-0.25, -0.2) is 4.98 Å². The van der Waals surface area contributed by atoms with E-state index in [0.29, 0.717) is 16.6 Å². The van der Waals surface area contributed by atoms with Crippen molar-refractivity contribution in [2.24, 2.45) is 0 Å². The number of pyridine rings is 1. The Labute approximate surface area is 116 Å². The number of aromatic nitrogens is 1. The molecule has 2 aromatic rings. The van der Waals surface area contributed by atoms with Gasteiger partial charge in [-0.05, 0) is 30.7 Å². The van der Waals surface area contributed by atoms with E-state index < -0.39 is 0 Å². The van der Waals surface area contributed by atoms with E-state index in [-0.39, 0.29) is 12.5 Å². The monoisotopic (exact) mass is 276 g/mol. The number of halogens is 1. The van der Waals surface area contributed by atoms with E-state index >= 15 is 0 Å². The number of amides is 1. The summed E-state index contributed by atoms with van der Waals surface area (Å²) in [5.74, 6) is 0.744. The van der Waals surface area contributed by atoms with Crippen LogP contribution in [-0.4, -0.2) is 17.5 Å². The van der Waals surface area contributed by atoms with Crippen molar-refractivity contribution < 1.29 is 9.53 Å². The lowest BCUT2D eigenvalue weighted by Crippen LogP contribution is -2.21. The Morgan fingerprint density at radius 1 is 1.32 bits per heavy atom. The average Bonchev–Trinajstić information content (AvgIpc) is 2.40. The number of ether oxygens (including phenoxy) is 1. The van der Waals surface area contributed by atoms with E-state index in [9.17, 15) is 4.79 Å². The Kier molecular flexibility index (Phi) is 4.36. The van der Waals surface area contributed by atoms with Crippen molar-refractivity contribution in [2.75, 3.05) is 11.9 Å². The fraction of sp³-hybridized carbons (Fsp3) is 0.143. The summed E-state index contributed by atoms with van der Waals surface area (Å²) in [4.78, 5) is 15.8. The number of aryl methyl sites for hydroxylation is 1. The van der Waals surface area contributed by atoms with Gasteiger partial charge in [0.05, 0.1) is 5.02 Å². The maximum absolute atomic E-state index is 11.7. The van der Waals surface area contributed by atoms with Gasteiger partial charge in [-0.15, -0.1) is 0 Å². The molecule has 1 N–H and O–H groups in total. The minimum absolute atomic E-state index is 0.111. The van der Waals surface area contributed by atoms with Gasteiger partial charge in [-0.2, -0.15) is 0 Å². The first-order valence-corrected chi connectivity index (χ1v) is 6.13. The highest BCUT2D eigenvalue weighted by Gasteiger charge is 2.07. The van der Waals surface area contributed by atoms with Crippen molar-refractivity contribution >= 4 is 23.3 Å². The minimum atomic E-state index is -0.276. The Morgan fingerprint density at radius 3 is 2.84 bits per heavy atom. The first kappa shape index (κ1) is 13.4. The summed E-state index contributed by atoms with van der Waals surface area (Å²) < 4.78 is 5.34. The SMILES string of the molecule is Cc1cccnc1NC(=O)COc1ccccc1Cl. The molecule has 98 valence electrons. The molecule has 0 unspecified atom stereocenters. The number of hydrogen-bond acceptors (Lipinski definition) is 3. The maximum Gasteiger partial charge on any atom is 0.263 e. The molecular formula is C14H13ClN2O2. The molecule has 1 aromatic carbocycles. The van der Waals surface area contributed by atoms with Gasteiger partial charge in [-0.3, -0.25) is 4.79 Å². The highest BCUT2D eigenvalue weighted by atomic mass is 35.5. The highest BCUT2D eigenvalue weighted by molar-refractivity contribution is 6.32. The quantitative estimate of drug-likeness (QED) is 0.934. The summed E-state index contributed by atoms with van der Waals surface area (Å²) >= 11 is 5.92. The minimum Gasteiger partial charge on any atom is -0.482 e. The second-order valence-electron chi connectivity index (χ2n) is 3.94. The molecule has 0 aliphatic rings. The first-order chi connectivity index (χ1) is 9.16. The number of benzene rings is 1. The molecule has 0 saturated heterocycles. The summed E-state index contributed by atoms with van der Waals surface area (Å²) in [7, 11) is 0. The molecule has 0 aliphatic carbocycles. The van der Waals surface area contributed by atoms with Crippen LogP contribution in [0.15, 0.2) is 42.6 Å². The number of anilines is 1. The van der Waals surface area contributed by atoms with Crippen LogP contribution in [0.5, 0.6) is 5.75 Å². The van der Waals surface area contributed by atoms with Crippen LogP contribution in [0.3, 0.4) is 0 Å². The second kappa shape index (κ2) is 6.20. The molecule has 4 nitrogen and oxygen atoms in total. The van der Waals surface area contributed by atoms with Gasteiger partial charge < -0.3 is 10.1 Å². The molecule has 1 aromatic heterocycles. The molecule has 19 heavy (non-hydrogen) atoms. The van der Waals surface area contributed by atoms with Crippen LogP contribution >= 0.6 is 11.6 Å². The normalized spacial score (nSPS) is 10.0. The molecule has 1 amide bonds. The third kappa shape index (κ3) is 3.69. The molecule has 0 atom stereocenters. The number of para-hydroxylation sites is 1. The number of hydrogen-bond donors (Lipinski definition) is 1. The Morgan fingerprint density at radius 2 is 2.11 bits per heavy atom. The standard InChI is InChI=1S/C14H13ClN2O2/c1-10-5-4-8-16-14(10)17-13(18)9-19-12-7-3-2-6-11(12)15/h2-8H,9H2,1H3,(H,16,17,18). The summed E-state index contributed by atoms with van der Waals surface area (Å²) in [6.07, 6.45) is 1.62. The predicted octanol–water partition coefficient (Wildman–Crippen LogP) is 3.06. The zero-order chi connectivity index (χ0) is 13.7. The summed E-state index contributed by atoms with van der Waals surface area (Å²) in [5, 5.41) is 3.16. The fourth-order valence-electron chi connectivity index (χ4n) is 1.49. The van der Waals surface area contributed by atoms with Crippen LogP contribution in [0.2, 0.25) is 5.02 Å². The lowest BCUT2D eigenvalue weighted by molar-refractivity contribution is -0.118. The van der Waals surface area contributed by atoms with Gasteiger partial charge in [0.1, 0.15) is 11.6 Å². The zero-order valence-electron chi connectivity index (χ0n) is 10.4. The van der Waals surface area contributed by atoms with Gasteiger partial charge >= 0.3 is 0 Å². The van der Waals surface area contributed by atoms with Crippen molar-refractivity contribution in [1.82, 2.24) is 4.98 Å². The smallest absolute Gasteiger partial charge is 0.263 e. The topological polar surface area (TPSA) is 51.2 Å². The van der Waals surface area contributed by atoms with E-state index in [1.807, 2.05) is 19.1 Å². The number of nitrogens with one attached hydrogen (secondary N) is 1. The molecule has 0 aliphatic heterocycles. The summed E-state index contributed by atoms with van der Waals surface area (Å²) in [6.45, 7) is 1.76. The lowest BCUT2D eigenvalue weighted by Gasteiger charge is -2.09. The summed E-state index contributed by atoms with van der Waals surface area (Å²) in [6, 6.07) is 10.7. The maximum atomic E-state index is 11.7. The van der Waals surface area contributed by atoms with Crippen LogP contribution in [-0.2, 0) is 4.79 Å². The average molecular weight is 277 g/mol. The van der Waals surface area contributed by atoms with E-state index in [0.717, 1.165) is 5.56 Å². The first-order valence-electron chi connectivity index (χ1n) is 5.75. The largest absolute Gasteiger partial charge is 0.482 e. The number of carbonyl (C=O) groups excluding carboxylic acids is 1. The Hall–Kier alpha value is -2.07. The van der Waals surface area contributed by atoms with Crippen LogP contribution in [0.1, 0.15) is 5.56 Å². The van der Waals surface area contributed by atoms with E-state index in [1.165, 1.54) is 0 Å². The number of carbonyl (C=O) groups is 1. The van der Waals surface area contributed by atoms with E-state index in [1.54, 1.807) is 30.5 Å². The third-order valence-corrected chi connectivity index (χ3v) is 2.77. The molecule has 5 heteroatoms. The third-order valence-electron chi connectivity index (χ3n) is 2.46. The molecule has 0 fully saturated rings. The van der Waals surface area contributed by atoms with Gasteiger partial charge in [0.15, 0.2) is 6.61 Å². The molecule has 0 spiro atoms. The van der Waals surface area contributed by atoms with Crippen LogP contribution in [0.4, 0.5) is 5.82 Å². The molecule has 2 rings (SSSR count). The Balaban J connectivity index is 1.92. The van der Waals surface area contributed by atoms with Crippen LogP contribution < -0.4 is 10.1 Å². The molecular weight excluding hydrogens is 264 g/mol. The second-order valence-corrected chi connectivity index (χ2v) is 4.34. The Bertz CT molecular complexity index is 587. The molecule has 0 saturated carbocycles. The molecule has 0 radical (unpaired) electrons. The predicted molar refractivity (Wildman–Crippen MR) is 74.6 cm³/mol. The van der Waals surface area contributed by atoms with Gasteiger partial charge in [0, 0.05) is 6.20 Å². The van der Waals surface area contributed by atoms with Crippen molar-refractivity contribution in [1.29, 1.82) is 0 Å². The van der Waals surface area contributed by atoms with Gasteiger partial charge in [0.25, 0.3) is 5.91 Å². The van der Waals surface area contributed by atoms with Crippen molar-refractivity contribution in [3.63, 3.8) is 0 Å². The highest BCUT2D eigenvalue weighted by Crippen LogP contribution is 2.22. The van der Waals surface area contributed by atoms with Crippen molar-refractivity contribution in [3.8, 4) is 5.75 Å². The fourth-order valence-corrected chi connectivity index (χ4v) is 1.68. The van der Waals surface area contributed by atoms with Crippen LogP contribution in [0, 0.1) is 6.92 Å². The van der Waals surface area contributed by atoms with Gasteiger partial charge in [0.2, 0.25) is 0 Å². The van der Waals surface area contributed by atoms with Crippen molar-refractivity contribution in [3.05, 3.63) is 53.2 Å². The summed E-state index contributed by atoms with van der Waals surface area (Å²) in [5.41, 5.74) is 0.897. The lowest BCUT2D eigenvalue weighted by atomic mass is 10.3. The molecule has 0 bridgehead atoms. The molecule has 1 heterocycles. The van der Waals surface area contributed by atoms with Crippen LogP contribution in [0.25, 0.3) is 0 Å². The van der Waals surface area contributed by atoms with E-state index in [4.69, 9.17) is 16.3 Å². The number of nitrogens with zero attached hydrogens (tertiary/aromatic N) is 1. The van der Waals surface area contributed by atoms with Crippen molar-refractivity contribution in [2.45, 2.75) is 6.92 Å².